The maximum Gasteiger partial charge on any atom is 0.255 e. The first-order valence-electron chi connectivity index (χ1n) is 12.3. The van der Waals surface area contributed by atoms with Crippen molar-refractivity contribution in [3.8, 4) is 22.8 Å². The van der Waals surface area contributed by atoms with E-state index in [4.69, 9.17) is 25.8 Å². The minimum Gasteiger partial charge on any atom is -0.493 e. The lowest BCUT2D eigenvalue weighted by molar-refractivity contribution is -0.152. The topological polar surface area (TPSA) is 97.5 Å². The highest BCUT2D eigenvalue weighted by atomic mass is 35.5. The van der Waals surface area contributed by atoms with Crippen molar-refractivity contribution in [1.29, 1.82) is 0 Å². The van der Waals surface area contributed by atoms with Crippen LogP contribution < -0.4 is 20.1 Å². The number of aromatic amines is 1. The molecule has 36 heavy (non-hydrogen) atoms. The highest BCUT2D eigenvalue weighted by Crippen LogP contribution is 2.51. The maximum absolute atomic E-state index is 13.3. The summed E-state index contributed by atoms with van der Waals surface area (Å²) in [5.74, 6) is 1.02. The molecule has 2 fully saturated rings. The summed E-state index contributed by atoms with van der Waals surface area (Å²) in [5, 5.41) is 7.08. The third-order valence-electron chi connectivity index (χ3n) is 7.75. The average molecular weight is 509 g/mol. The number of amides is 1. The molecule has 2 aliphatic heterocycles. The number of aromatic nitrogens is 2. The summed E-state index contributed by atoms with van der Waals surface area (Å²) in [7, 11) is 1.58. The first-order chi connectivity index (χ1) is 17.4. The maximum atomic E-state index is 13.3. The third kappa shape index (κ3) is 3.71. The number of benzene rings is 1. The van der Waals surface area contributed by atoms with Gasteiger partial charge < -0.3 is 29.8 Å². The summed E-state index contributed by atoms with van der Waals surface area (Å²) < 4.78 is 17.5. The summed E-state index contributed by atoms with van der Waals surface area (Å²) in [6.07, 6.45) is 7.57. The van der Waals surface area contributed by atoms with Gasteiger partial charge in [0.25, 0.3) is 5.91 Å². The van der Waals surface area contributed by atoms with Crippen LogP contribution in [0, 0.1) is 0 Å². The van der Waals surface area contributed by atoms with E-state index in [2.05, 4.69) is 20.6 Å². The van der Waals surface area contributed by atoms with E-state index >= 15 is 0 Å². The summed E-state index contributed by atoms with van der Waals surface area (Å²) in [4.78, 5) is 21.2. The van der Waals surface area contributed by atoms with Crippen LogP contribution in [0.2, 0.25) is 5.02 Å². The van der Waals surface area contributed by atoms with Gasteiger partial charge in [-0.1, -0.05) is 24.1 Å². The number of carbonyl (C=O) groups excluding carboxylic acids is 1. The number of halogens is 1. The lowest BCUT2D eigenvalue weighted by Crippen LogP contribution is -2.50. The van der Waals surface area contributed by atoms with Crippen molar-refractivity contribution in [2.45, 2.75) is 43.6 Å². The van der Waals surface area contributed by atoms with Gasteiger partial charge in [0.15, 0.2) is 5.75 Å². The van der Waals surface area contributed by atoms with Gasteiger partial charge in [-0.25, -0.2) is 0 Å². The van der Waals surface area contributed by atoms with Gasteiger partial charge in [0.1, 0.15) is 18.0 Å². The molecule has 0 bridgehead atoms. The summed E-state index contributed by atoms with van der Waals surface area (Å²) in [5.41, 5.74) is 4.11. The first-order valence-corrected chi connectivity index (χ1v) is 12.7. The van der Waals surface area contributed by atoms with Crippen molar-refractivity contribution in [1.82, 2.24) is 15.3 Å². The molecule has 8 nitrogen and oxygen atoms in total. The Bertz CT molecular complexity index is 1330. The first kappa shape index (κ1) is 23.2. The van der Waals surface area contributed by atoms with Crippen LogP contribution in [-0.4, -0.2) is 48.3 Å². The molecule has 1 unspecified atom stereocenters. The minimum absolute atomic E-state index is 0.0857. The van der Waals surface area contributed by atoms with Gasteiger partial charge in [-0.3, -0.25) is 9.78 Å². The fraction of sp³-hybridized carbons (Fsp3) is 0.407. The van der Waals surface area contributed by atoms with Crippen molar-refractivity contribution >= 4 is 28.9 Å². The Hall–Kier alpha value is -3.23. The smallest absolute Gasteiger partial charge is 0.255 e. The molecule has 2 aromatic heterocycles. The van der Waals surface area contributed by atoms with E-state index < -0.39 is 0 Å². The van der Waals surface area contributed by atoms with E-state index in [0.717, 1.165) is 49.2 Å². The van der Waals surface area contributed by atoms with E-state index in [0.29, 0.717) is 46.6 Å². The zero-order valence-corrected chi connectivity index (χ0v) is 21.1. The van der Waals surface area contributed by atoms with Gasteiger partial charge >= 0.3 is 0 Å². The Kier molecular flexibility index (Phi) is 5.61. The van der Waals surface area contributed by atoms with Gasteiger partial charge in [0, 0.05) is 35.8 Å². The number of anilines is 2. The van der Waals surface area contributed by atoms with Crippen molar-refractivity contribution in [3.63, 3.8) is 0 Å². The molecule has 9 heteroatoms. The van der Waals surface area contributed by atoms with Crippen molar-refractivity contribution in [3.05, 3.63) is 52.9 Å². The van der Waals surface area contributed by atoms with Gasteiger partial charge in [-0.2, -0.15) is 0 Å². The minimum atomic E-state index is -0.298. The van der Waals surface area contributed by atoms with E-state index in [-0.39, 0.29) is 16.9 Å². The number of ether oxygens (including phenoxy) is 3. The monoisotopic (exact) mass is 508 g/mol. The zero-order valence-electron chi connectivity index (χ0n) is 20.4. The van der Waals surface area contributed by atoms with Crippen molar-refractivity contribution in [2.24, 2.45) is 0 Å². The van der Waals surface area contributed by atoms with Crippen LogP contribution >= 0.6 is 11.6 Å². The Morgan fingerprint density at radius 2 is 2.08 bits per heavy atom. The SMILES string of the molecule is COc1c(Cl)cccc1Nc1c(-c2ccncc2OCC2(C)CCO2)[nH]c2c1C(=O)NCC21CCC1. The number of nitrogens with one attached hydrogen (secondary N) is 3. The Morgan fingerprint density at radius 3 is 2.78 bits per heavy atom. The van der Waals surface area contributed by atoms with Crippen LogP contribution in [0.5, 0.6) is 11.5 Å². The lowest BCUT2D eigenvalue weighted by Gasteiger charge is -2.44. The van der Waals surface area contributed by atoms with E-state index in [9.17, 15) is 4.79 Å². The Morgan fingerprint density at radius 1 is 1.25 bits per heavy atom. The number of para-hydroxylation sites is 1. The molecule has 188 valence electrons. The largest absolute Gasteiger partial charge is 0.493 e. The van der Waals surface area contributed by atoms with Crippen LogP contribution in [0.3, 0.4) is 0 Å². The van der Waals surface area contributed by atoms with Gasteiger partial charge in [0.05, 0.1) is 47.6 Å². The van der Waals surface area contributed by atoms with Crippen molar-refractivity contribution < 1.29 is 19.0 Å². The summed E-state index contributed by atoms with van der Waals surface area (Å²) in [6.45, 7) is 3.84. The molecular weight excluding hydrogens is 480 g/mol. The number of hydrogen-bond donors (Lipinski definition) is 3. The number of hydrogen-bond acceptors (Lipinski definition) is 6. The number of methoxy groups -OCH3 is 1. The average Bonchev–Trinajstić information content (AvgIpc) is 3.21. The highest BCUT2D eigenvalue weighted by Gasteiger charge is 2.47. The molecule has 1 saturated carbocycles. The zero-order chi connectivity index (χ0) is 24.9. The molecule has 1 amide bonds. The molecule has 3 N–H and O–H groups in total. The predicted octanol–water partition coefficient (Wildman–Crippen LogP) is 5.21. The van der Waals surface area contributed by atoms with Gasteiger partial charge in [-0.05, 0) is 38.0 Å². The lowest BCUT2D eigenvalue weighted by atomic mass is 9.64. The molecular formula is C27H29ClN4O4. The Balaban J connectivity index is 1.49. The molecule has 3 aromatic rings. The fourth-order valence-electron chi connectivity index (χ4n) is 5.35. The second-order valence-electron chi connectivity index (χ2n) is 10.1. The number of carbonyl (C=O) groups is 1. The number of fused-ring (bicyclic) bond motifs is 2. The number of pyridine rings is 1. The van der Waals surface area contributed by atoms with E-state index in [1.165, 1.54) is 0 Å². The van der Waals surface area contributed by atoms with Crippen molar-refractivity contribution in [2.75, 3.05) is 32.2 Å². The van der Waals surface area contributed by atoms with Crippen LogP contribution in [0.25, 0.3) is 11.3 Å². The molecule has 6 rings (SSSR count). The molecule has 0 radical (unpaired) electrons. The molecule has 4 heterocycles. The van der Waals surface area contributed by atoms with E-state index in [1.807, 2.05) is 25.1 Å². The van der Waals surface area contributed by atoms with Crippen LogP contribution in [-0.2, 0) is 10.2 Å². The summed E-state index contributed by atoms with van der Waals surface area (Å²) >= 11 is 6.41. The standard InChI is InChI=1S/C27H29ClN4O4/c1-26(10-12-36-26)15-35-19-13-29-11-7-16(19)21-22(31-18-6-3-5-17(28)23(18)34-2)20-24(32-21)27(8-4-9-27)14-30-25(20)33/h3,5-7,11,13,31-32H,4,8-10,12,14-15H2,1-2H3,(H,30,33). The summed E-state index contributed by atoms with van der Waals surface area (Å²) in [6, 6.07) is 7.40. The van der Waals surface area contributed by atoms with Crippen LogP contribution in [0.15, 0.2) is 36.7 Å². The van der Waals surface area contributed by atoms with E-state index in [1.54, 1.807) is 25.6 Å². The third-order valence-corrected chi connectivity index (χ3v) is 8.05. The quantitative estimate of drug-likeness (QED) is 0.405. The Labute approximate surface area is 214 Å². The number of rotatable bonds is 7. The molecule has 1 aliphatic carbocycles. The second-order valence-corrected chi connectivity index (χ2v) is 10.5. The normalized spacial score (nSPS) is 21.7. The number of H-pyrrole nitrogens is 1. The molecule has 1 saturated heterocycles. The second kappa shape index (κ2) is 8.71. The van der Waals surface area contributed by atoms with Crippen LogP contribution in [0.4, 0.5) is 11.4 Å². The van der Waals surface area contributed by atoms with Crippen LogP contribution in [0.1, 0.15) is 48.7 Å². The predicted molar refractivity (Wildman–Crippen MR) is 138 cm³/mol. The van der Waals surface area contributed by atoms with Gasteiger partial charge in [0.2, 0.25) is 0 Å². The molecule has 1 aromatic carbocycles. The fourth-order valence-corrected chi connectivity index (χ4v) is 5.61. The number of nitrogens with zero attached hydrogens (tertiary/aromatic N) is 1. The molecule has 1 atom stereocenters. The highest BCUT2D eigenvalue weighted by molar-refractivity contribution is 6.32. The molecule has 1 spiro atoms. The molecule has 3 aliphatic rings. The van der Waals surface area contributed by atoms with Gasteiger partial charge in [-0.15, -0.1) is 0 Å².